The molecule has 1 saturated carbocycles. The number of alkyl halides is 3. The van der Waals surface area contributed by atoms with E-state index >= 15 is 0 Å². The van der Waals surface area contributed by atoms with Crippen molar-refractivity contribution in [2.45, 2.75) is 60.7 Å². The Kier molecular flexibility index (Phi) is 4.84. The molecule has 2 heterocycles. The minimum Gasteiger partial charge on any atom is -0.371 e. The van der Waals surface area contributed by atoms with E-state index in [1.165, 1.54) is 37.4 Å². The molecule has 1 aliphatic carbocycles. The van der Waals surface area contributed by atoms with Gasteiger partial charge in [-0.15, -0.1) is 10.2 Å². The smallest absolute Gasteiger partial charge is 0.371 e. The highest BCUT2D eigenvalue weighted by Crippen LogP contribution is 2.44. The number of ether oxygens (including phenoxy) is 1. The van der Waals surface area contributed by atoms with Crippen LogP contribution in [-0.2, 0) is 4.74 Å². The number of aromatic nitrogens is 2. The second-order valence-electron chi connectivity index (χ2n) is 5.82. The van der Waals surface area contributed by atoms with Gasteiger partial charge in [0.2, 0.25) is 5.13 Å². The van der Waals surface area contributed by atoms with E-state index in [1.54, 1.807) is 0 Å². The molecule has 9 heteroatoms. The molecular formula is C13H18F3N3OS2. The summed E-state index contributed by atoms with van der Waals surface area (Å²) in [7, 11) is 0. The molecule has 1 unspecified atom stereocenters. The summed E-state index contributed by atoms with van der Waals surface area (Å²) in [5.41, 5.74) is 0.117. The van der Waals surface area contributed by atoms with Gasteiger partial charge in [-0.3, -0.25) is 0 Å². The van der Waals surface area contributed by atoms with Crippen molar-refractivity contribution < 1.29 is 17.9 Å². The lowest BCUT2D eigenvalue weighted by Gasteiger charge is -2.23. The fourth-order valence-corrected chi connectivity index (χ4v) is 4.89. The maximum atomic E-state index is 12.1. The monoisotopic (exact) mass is 353 g/mol. The Hall–Kier alpha value is -0.540. The van der Waals surface area contributed by atoms with E-state index in [9.17, 15) is 13.2 Å². The number of nitrogens with zero attached hydrogens (tertiary/aromatic N) is 2. The van der Waals surface area contributed by atoms with Gasteiger partial charge in [-0.1, -0.05) is 35.9 Å². The van der Waals surface area contributed by atoms with Crippen molar-refractivity contribution in [3.63, 3.8) is 0 Å². The van der Waals surface area contributed by atoms with E-state index in [0.717, 1.165) is 29.9 Å². The first kappa shape index (κ1) is 16.3. The summed E-state index contributed by atoms with van der Waals surface area (Å²) >= 11 is 2.67. The fourth-order valence-electron chi connectivity index (χ4n) is 3.08. The molecule has 1 saturated heterocycles. The van der Waals surface area contributed by atoms with Crippen LogP contribution in [0, 0.1) is 0 Å². The molecule has 0 aromatic carbocycles. The second kappa shape index (κ2) is 6.52. The van der Waals surface area contributed by atoms with Crippen molar-refractivity contribution in [2.75, 3.05) is 17.6 Å². The number of rotatable bonds is 5. The van der Waals surface area contributed by atoms with Crippen LogP contribution in [0.5, 0.6) is 0 Å². The molecule has 0 radical (unpaired) electrons. The van der Waals surface area contributed by atoms with Crippen molar-refractivity contribution in [3.8, 4) is 0 Å². The quantitative estimate of drug-likeness (QED) is 0.808. The molecule has 1 aromatic heterocycles. The number of nitrogens with one attached hydrogen (secondary N) is 1. The van der Waals surface area contributed by atoms with Crippen molar-refractivity contribution >= 4 is 28.2 Å². The molecule has 124 valence electrons. The highest BCUT2D eigenvalue weighted by molar-refractivity contribution is 8.01. The van der Waals surface area contributed by atoms with Gasteiger partial charge >= 0.3 is 6.18 Å². The summed E-state index contributed by atoms with van der Waals surface area (Å²) in [6.45, 7) is -1.08. The van der Waals surface area contributed by atoms with Gasteiger partial charge in [-0.2, -0.15) is 13.2 Å². The van der Waals surface area contributed by atoms with Crippen LogP contribution in [-0.4, -0.2) is 40.4 Å². The van der Waals surface area contributed by atoms with Crippen LogP contribution in [0.4, 0.5) is 18.3 Å². The minimum absolute atomic E-state index is 0.117. The molecule has 0 bridgehead atoms. The largest absolute Gasteiger partial charge is 0.405 e. The lowest BCUT2D eigenvalue weighted by atomic mass is 9.98. The summed E-state index contributed by atoms with van der Waals surface area (Å²) in [4.78, 5) is 0. The van der Waals surface area contributed by atoms with E-state index in [2.05, 4.69) is 15.5 Å². The third-order valence-electron chi connectivity index (χ3n) is 4.09. The molecule has 0 amide bonds. The van der Waals surface area contributed by atoms with Gasteiger partial charge in [0.15, 0.2) is 4.34 Å². The first-order valence-corrected chi connectivity index (χ1v) is 9.19. The maximum absolute atomic E-state index is 12.1. The zero-order valence-electron chi connectivity index (χ0n) is 12.0. The Balaban J connectivity index is 1.43. The van der Waals surface area contributed by atoms with Crippen LogP contribution in [0.1, 0.15) is 38.5 Å². The van der Waals surface area contributed by atoms with Gasteiger partial charge in [-0.25, -0.2) is 0 Å². The molecule has 2 fully saturated rings. The molecule has 3 rings (SSSR count). The normalized spacial score (nSPS) is 24.2. The number of anilines is 1. The van der Waals surface area contributed by atoms with Gasteiger partial charge in [0.1, 0.15) is 6.54 Å². The Labute approximate surface area is 135 Å². The second-order valence-corrected chi connectivity index (χ2v) is 8.07. The third-order valence-corrected chi connectivity index (χ3v) is 6.24. The van der Waals surface area contributed by atoms with Crippen LogP contribution < -0.4 is 5.32 Å². The number of thioether (sulfide) groups is 1. The zero-order chi connectivity index (χ0) is 15.6. The van der Waals surface area contributed by atoms with Crippen LogP contribution >= 0.6 is 23.1 Å². The minimum atomic E-state index is -4.24. The predicted molar refractivity (Wildman–Crippen MR) is 80.5 cm³/mol. The summed E-state index contributed by atoms with van der Waals surface area (Å²) in [5.74, 6) is 0.787. The van der Waals surface area contributed by atoms with Gasteiger partial charge in [-0.05, 0) is 25.7 Å². The van der Waals surface area contributed by atoms with Gasteiger partial charge < -0.3 is 10.1 Å². The lowest BCUT2D eigenvalue weighted by Crippen LogP contribution is -2.25. The van der Waals surface area contributed by atoms with Crippen molar-refractivity contribution in [3.05, 3.63) is 0 Å². The van der Waals surface area contributed by atoms with E-state index < -0.39 is 12.7 Å². The fraction of sp³-hybridized carbons (Fsp3) is 0.846. The van der Waals surface area contributed by atoms with Crippen molar-refractivity contribution in [2.24, 2.45) is 0 Å². The molecule has 1 atom stereocenters. The van der Waals surface area contributed by atoms with Gasteiger partial charge in [0, 0.05) is 5.75 Å². The average Bonchev–Trinajstić information content (AvgIpc) is 3.17. The topological polar surface area (TPSA) is 47.0 Å². The Morgan fingerprint density at radius 1 is 1.27 bits per heavy atom. The summed E-state index contributed by atoms with van der Waals surface area (Å²) in [5, 5.41) is 10.1. The first-order chi connectivity index (χ1) is 10.4. The Bertz CT molecular complexity index is 503. The van der Waals surface area contributed by atoms with E-state index in [0.29, 0.717) is 4.34 Å². The molecule has 1 aromatic rings. The summed E-state index contributed by atoms with van der Waals surface area (Å²) < 4.78 is 43.2. The average molecular weight is 353 g/mol. The highest BCUT2D eigenvalue weighted by atomic mass is 32.2. The van der Waals surface area contributed by atoms with Crippen LogP contribution in [0.25, 0.3) is 0 Å². The van der Waals surface area contributed by atoms with Crippen molar-refractivity contribution in [1.82, 2.24) is 10.2 Å². The SMILES string of the molecule is FC(F)(F)CNc1nnc(SCC2CCC3(CCCC3)O2)s1. The molecule has 2 aliphatic rings. The molecule has 22 heavy (non-hydrogen) atoms. The molecule has 1 N–H and O–H groups in total. The zero-order valence-corrected chi connectivity index (χ0v) is 13.6. The Morgan fingerprint density at radius 3 is 2.77 bits per heavy atom. The van der Waals surface area contributed by atoms with Crippen LogP contribution in [0.2, 0.25) is 0 Å². The summed E-state index contributed by atoms with van der Waals surface area (Å²) in [6, 6.07) is 0. The lowest BCUT2D eigenvalue weighted by molar-refractivity contribution is -0.115. The first-order valence-electron chi connectivity index (χ1n) is 7.39. The van der Waals surface area contributed by atoms with Gasteiger partial charge in [0.05, 0.1) is 11.7 Å². The molecule has 1 aliphatic heterocycles. The predicted octanol–water partition coefficient (Wildman–Crippen LogP) is 4.10. The summed E-state index contributed by atoms with van der Waals surface area (Å²) in [6.07, 6.45) is 3.01. The third kappa shape index (κ3) is 4.26. The Morgan fingerprint density at radius 2 is 2.05 bits per heavy atom. The van der Waals surface area contributed by atoms with E-state index in [-0.39, 0.29) is 16.8 Å². The molecule has 1 spiro atoms. The standard InChI is InChI=1S/C13H18F3N3OS2/c14-13(15,16)8-17-10-18-19-11(22-10)21-7-9-3-6-12(20-9)4-1-2-5-12/h9H,1-8H2,(H,17,18). The highest BCUT2D eigenvalue weighted by Gasteiger charge is 2.42. The maximum Gasteiger partial charge on any atom is 0.405 e. The number of halogens is 3. The van der Waals surface area contributed by atoms with E-state index in [1.807, 2.05) is 0 Å². The van der Waals surface area contributed by atoms with Crippen LogP contribution in [0.15, 0.2) is 4.34 Å². The molecule has 4 nitrogen and oxygen atoms in total. The van der Waals surface area contributed by atoms with Crippen molar-refractivity contribution in [1.29, 1.82) is 0 Å². The number of hydrogen-bond donors (Lipinski definition) is 1. The number of hydrogen-bond acceptors (Lipinski definition) is 6. The van der Waals surface area contributed by atoms with Crippen LogP contribution in [0.3, 0.4) is 0 Å². The van der Waals surface area contributed by atoms with E-state index in [4.69, 9.17) is 4.74 Å². The molecular weight excluding hydrogens is 335 g/mol. The van der Waals surface area contributed by atoms with Gasteiger partial charge in [0.25, 0.3) is 0 Å².